The van der Waals surface area contributed by atoms with Gasteiger partial charge in [-0.15, -0.1) is 0 Å². The van der Waals surface area contributed by atoms with Gasteiger partial charge >= 0.3 is 0 Å². The molecule has 0 radical (unpaired) electrons. The summed E-state index contributed by atoms with van der Waals surface area (Å²) < 4.78 is 35.7. The predicted octanol–water partition coefficient (Wildman–Crippen LogP) is 3.03. The molecule has 2 fully saturated rings. The fourth-order valence-electron chi connectivity index (χ4n) is 3.79. The number of carbonyl (C=O) groups is 1. The highest BCUT2D eigenvalue weighted by molar-refractivity contribution is 8.16. The molecule has 3 aliphatic heterocycles. The number of nitrogens with zero attached hydrogens (tertiary/aromatic N) is 2. The van der Waals surface area contributed by atoms with Crippen molar-refractivity contribution in [2.24, 2.45) is 4.99 Å². The topological polar surface area (TPSA) is 85.3 Å². The minimum absolute atomic E-state index is 0.0211. The number of benzene rings is 2. The Labute approximate surface area is 182 Å². The van der Waals surface area contributed by atoms with Crippen molar-refractivity contribution < 1.29 is 22.7 Å². The Bertz CT molecular complexity index is 1150. The van der Waals surface area contributed by atoms with Crippen molar-refractivity contribution >= 4 is 50.0 Å². The van der Waals surface area contributed by atoms with Crippen LogP contribution in [0.5, 0.6) is 11.5 Å². The summed E-state index contributed by atoms with van der Waals surface area (Å²) in [6.07, 6.45) is 0. The highest BCUT2D eigenvalue weighted by atomic mass is 35.5. The molecule has 5 rings (SSSR count). The second kappa shape index (κ2) is 7.47. The molecule has 0 aromatic heterocycles. The zero-order valence-electron chi connectivity index (χ0n) is 15.7. The van der Waals surface area contributed by atoms with E-state index in [2.05, 4.69) is 4.99 Å². The number of anilines is 1. The smallest absolute Gasteiger partial charge is 0.279 e. The molecule has 10 heteroatoms. The van der Waals surface area contributed by atoms with Crippen LogP contribution in [0, 0.1) is 0 Å². The summed E-state index contributed by atoms with van der Waals surface area (Å²) in [5.41, 5.74) is 1.14. The number of ether oxygens (including phenoxy) is 2. The Hall–Kier alpha value is -2.23. The maximum atomic E-state index is 12.7. The molecule has 2 atom stereocenters. The summed E-state index contributed by atoms with van der Waals surface area (Å²) in [5, 5.41) is 0.837. The van der Waals surface area contributed by atoms with Crippen molar-refractivity contribution in [1.82, 2.24) is 0 Å². The van der Waals surface area contributed by atoms with E-state index >= 15 is 0 Å². The molecule has 3 heterocycles. The summed E-state index contributed by atoms with van der Waals surface area (Å²) in [6, 6.07) is 11.7. The van der Waals surface area contributed by atoms with Crippen LogP contribution in [0.25, 0.3) is 0 Å². The standard InChI is InChI=1S/C20H17ClN2O5S2/c21-13-3-1-12(2-4-13)19(24)22-20-23(15-10-30(25,26)11-18(15)29-20)14-5-6-16-17(9-14)28-8-7-27-16/h1-6,9,15,18H,7-8,10-11H2/t15-,18+/m0/s1. The zero-order chi connectivity index (χ0) is 20.9. The number of amidine groups is 1. The van der Waals surface area contributed by atoms with Gasteiger partial charge in [-0.25, -0.2) is 8.42 Å². The highest BCUT2D eigenvalue weighted by Crippen LogP contribution is 2.43. The van der Waals surface area contributed by atoms with Gasteiger partial charge in [0.2, 0.25) is 0 Å². The number of hydrogen-bond acceptors (Lipinski definition) is 6. The number of halogens is 1. The molecule has 0 spiro atoms. The van der Waals surface area contributed by atoms with Crippen molar-refractivity contribution in [1.29, 1.82) is 0 Å². The van der Waals surface area contributed by atoms with Crippen molar-refractivity contribution in [3.05, 3.63) is 53.1 Å². The third-order valence-corrected chi connectivity index (χ3v) is 8.62. The molecule has 0 aliphatic carbocycles. The van der Waals surface area contributed by atoms with E-state index in [1.807, 2.05) is 17.0 Å². The number of thioether (sulfide) groups is 1. The van der Waals surface area contributed by atoms with Crippen molar-refractivity contribution in [2.45, 2.75) is 11.3 Å². The van der Waals surface area contributed by atoms with Crippen LogP contribution in [0.15, 0.2) is 47.5 Å². The maximum absolute atomic E-state index is 12.7. The second-order valence-electron chi connectivity index (χ2n) is 7.20. The normalized spacial score (nSPS) is 25.4. The van der Waals surface area contributed by atoms with Gasteiger partial charge in [0.05, 0.1) is 17.5 Å². The van der Waals surface area contributed by atoms with Gasteiger partial charge in [0.1, 0.15) is 13.2 Å². The van der Waals surface area contributed by atoms with E-state index < -0.39 is 15.7 Å². The average Bonchev–Trinajstić information content (AvgIpc) is 3.18. The van der Waals surface area contributed by atoms with Gasteiger partial charge in [0.15, 0.2) is 26.5 Å². The Balaban J connectivity index is 1.53. The molecule has 2 aromatic rings. The summed E-state index contributed by atoms with van der Waals surface area (Å²) in [6.45, 7) is 0.929. The number of aliphatic imine (C=N–C) groups is 1. The predicted molar refractivity (Wildman–Crippen MR) is 117 cm³/mol. The summed E-state index contributed by atoms with van der Waals surface area (Å²) in [7, 11) is -3.15. The minimum atomic E-state index is -3.15. The van der Waals surface area contributed by atoms with Gasteiger partial charge < -0.3 is 14.4 Å². The summed E-state index contributed by atoms with van der Waals surface area (Å²) in [5.74, 6) is 0.921. The lowest BCUT2D eigenvalue weighted by Gasteiger charge is -2.26. The van der Waals surface area contributed by atoms with Crippen molar-refractivity contribution in [2.75, 3.05) is 29.6 Å². The monoisotopic (exact) mass is 464 g/mol. The first-order valence-electron chi connectivity index (χ1n) is 9.34. The molecular weight excluding hydrogens is 448 g/mol. The van der Waals surface area contributed by atoms with Gasteiger partial charge in [0, 0.05) is 27.6 Å². The lowest BCUT2D eigenvalue weighted by atomic mass is 10.2. The van der Waals surface area contributed by atoms with Crippen LogP contribution in [0.3, 0.4) is 0 Å². The van der Waals surface area contributed by atoms with Crippen molar-refractivity contribution in [3.63, 3.8) is 0 Å². The number of hydrogen-bond donors (Lipinski definition) is 0. The molecule has 156 valence electrons. The van der Waals surface area contributed by atoms with Gasteiger partial charge in [-0.3, -0.25) is 4.79 Å². The number of carbonyl (C=O) groups excluding carboxylic acids is 1. The molecule has 0 unspecified atom stereocenters. The second-order valence-corrected chi connectivity index (χ2v) is 11.0. The number of fused-ring (bicyclic) bond motifs is 2. The van der Waals surface area contributed by atoms with Crippen molar-refractivity contribution in [3.8, 4) is 11.5 Å². The molecule has 1 amide bonds. The first-order chi connectivity index (χ1) is 14.4. The first kappa shape index (κ1) is 19.7. The first-order valence-corrected chi connectivity index (χ1v) is 12.4. The van der Waals surface area contributed by atoms with Crippen LogP contribution in [-0.4, -0.2) is 55.5 Å². The molecule has 0 bridgehead atoms. The summed E-state index contributed by atoms with van der Waals surface area (Å²) in [4.78, 5) is 18.9. The highest BCUT2D eigenvalue weighted by Gasteiger charge is 2.49. The van der Waals surface area contributed by atoms with Crippen LogP contribution < -0.4 is 14.4 Å². The number of sulfone groups is 1. The van der Waals surface area contributed by atoms with Crippen LogP contribution in [0.2, 0.25) is 5.02 Å². The largest absolute Gasteiger partial charge is 0.486 e. The SMILES string of the molecule is O=C(N=C1S[C@@H]2CS(=O)(=O)C[C@@H]2N1c1ccc2c(c1)OCCO2)c1ccc(Cl)cc1. The molecule has 2 aromatic carbocycles. The molecule has 2 saturated heterocycles. The van der Waals surface area contributed by atoms with E-state index in [1.54, 1.807) is 30.3 Å². The Morgan fingerprint density at radius 3 is 2.57 bits per heavy atom. The lowest BCUT2D eigenvalue weighted by Crippen LogP contribution is -2.37. The molecule has 30 heavy (non-hydrogen) atoms. The third kappa shape index (κ3) is 3.66. The van der Waals surface area contributed by atoms with Crippen LogP contribution >= 0.6 is 23.4 Å². The Morgan fingerprint density at radius 2 is 1.80 bits per heavy atom. The van der Waals surface area contributed by atoms with E-state index in [0.29, 0.717) is 40.5 Å². The molecule has 3 aliphatic rings. The Kier molecular flexibility index (Phi) is 4.91. The van der Waals surface area contributed by atoms with Gasteiger partial charge in [-0.2, -0.15) is 4.99 Å². The molecule has 0 N–H and O–H groups in total. The average molecular weight is 465 g/mol. The van der Waals surface area contributed by atoms with E-state index in [1.165, 1.54) is 11.8 Å². The molecule has 0 saturated carbocycles. The maximum Gasteiger partial charge on any atom is 0.279 e. The van der Waals surface area contributed by atoms with E-state index in [0.717, 1.165) is 5.69 Å². The van der Waals surface area contributed by atoms with Gasteiger partial charge in [-0.1, -0.05) is 23.4 Å². The minimum Gasteiger partial charge on any atom is -0.486 e. The van der Waals surface area contributed by atoms with Crippen LogP contribution in [0.1, 0.15) is 10.4 Å². The Morgan fingerprint density at radius 1 is 1.07 bits per heavy atom. The van der Waals surface area contributed by atoms with Gasteiger partial charge in [0.25, 0.3) is 5.91 Å². The van der Waals surface area contributed by atoms with Crippen LogP contribution in [0.4, 0.5) is 5.69 Å². The van der Waals surface area contributed by atoms with E-state index in [4.69, 9.17) is 21.1 Å². The van der Waals surface area contributed by atoms with E-state index in [-0.39, 0.29) is 22.8 Å². The molecule has 7 nitrogen and oxygen atoms in total. The van der Waals surface area contributed by atoms with Gasteiger partial charge in [-0.05, 0) is 36.4 Å². The zero-order valence-corrected chi connectivity index (χ0v) is 18.0. The summed E-state index contributed by atoms with van der Waals surface area (Å²) >= 11 is 7.23. The quantitative estimate of drug-likeness (QED) is 0.675. The number of rotatable bonds is 2. The van der Waals surface area contributed by atoms with E-state index in [9.17, 15) is 13.2 Å². The molecular formula is C20H17ClN2O5S2. The number of amides is 1. The fraction of sp³-hybridized carbons (Fsp3) is 0.300. The van der Waals surface area contributed by atoms with Crippen LogP contribution in [-0.2, 0) is 9.84 Å². The lowest BCUT2D eigenvalue weighted by molar-refractivity contribution is 0.100. The third-order valence-electron chi connectivity index (χ3n) is 5.16. The fourth-order valence-corrected chi connectivity index (χ4v) is 7.83.